The van der Waals surface area contributed by atoms with Crippen molar-refractivity contribution in [2.45, 2.75) is 38.6 Å². The van der Waals surface area contributed by atoms with Crippen LogP contribution in [0.15, 0.2) is 35.6 Å². The molecule has 1 amide bonds. The van der Waals surface area contributed by atoms with Crippen LogP contribution in [0.5, 0.6) is 0 Å². The van der Waals surface area contributed by atoms with E-state index < -0.39 is 0 Å². The van der Waals surface area contributed by atoms with Crippen molar-refractivity contribution in [2.24, 2.45) is 5.92 Å². The molecule has 138 valence electrons. The van der Waals surface area contributed by atoms with Crippen LogP contribution < -0.4 is 10.2 Å². The summed E-state index contributed by atoms with van der Waals surface area (Å²) in [5, 5.41) is 3.83. The number of aromatic nitrogens is 2. The summed E-state index contributed by atoms with van der Waals surface area (Å²) in [6.07, 6.45) is 4.08. The molecule has 1 aromatic carbocycles. The third-order valence-electron chi connectivity index (χ3n) is 4.63. The Morgan fingerprint density at radius 2 is 2.15 bits per heavy atom. The smallest absolute Gasteiger partial charge is 0.234 e. The SMILES string of the molecule is Cc1ccc(C)c(NC(=O)CSc2cc(N3CCCC(C)C3)ncn2)c1. The molecule has 3 rings (SSSR count). The van der Waals surface area contributed by atoms with Crippen molar-refractivity contribution in [3.05, 3.63) is 41.7 Å². The molecule has 1 saturated heterocycles. The highest BCUT2D eigenvalue weighted by atomic mass is 32.2. The van der Waals surface area contributed by atoms with E-state index in [0.717, 1.165) is 40.7 Å². The minimum absolute atomic E-state index is 0.0181. The van der Waals surface area contributed by atoms with Gasteiger partial charge in [0.1, 0.15) is 17.2 Å². The van der Waals surface area contributed by atoms with E-state index in [2.05, 4.69) is 27.1 Å². The maximum atomic E-state index is 12.3. The second kappa shape index (κ2) is 8.54. The summed E-state index contributed by atoms with van der Waals surface area (Å²) in [5.74, 6) is 1.97. The Bertz CT molecular complexity index is 780. The monoisotopic (exact) mass is 370 g/mol. The number of hydrogen-bond acceptors (Lipinski definition) is 5. The summed E-state index contributed by atoms with van der Waals surface area (Å²) < 4.78 is 0. The summed E-state index contributed by atoms with van der Waals surface area (Å²) >= 11 is 1.45. The van der Waals surface area contributed by atoms with Gasteiger partial charge in [0.15, 0.2) is 0 Å². The highest BCUT2D eigenvalue weighted by Gasteiger charge is 2.18. The van der Waals surface area contributed by atoms with Gasteiger partial charge in [-0.3, -0.25) is 4.79 Å². The van der Waals surface area contributed by atoms with Crippen LogP contribution in [0, 0.1) is 19.8 Å². The number of rotatable bonds is 5. The van der Waals surface area contributed by atoms with Gasteiger partial charge in [0.05, 0.1) is 5.75 Å². The molecule has 0 bridgehead atoms. The molecule has 0 saturated carbocycles. The number of hydrogen-bond donors (Lipinski definition) is 1. The van der Waals surface area contributed by atoms with Gasteiger partial charge in [0.25, 0.3) is 0 Å². The number of carbonyl (C=O) groups is 1. The van der Waals surface area contributed by atoms with Gasteiger partial charge >= 0.3 is 0 Å². The van der Waals surface area contributed by atoms with Gasteiger partial charge in [-0.05, 0) is 49.8 Å². The first-order chi connectivity index (χ1) is 12.5. The van der Waals surface area contributed by atoms with Crippen molar-refractivity contribution in [1.29, 1.82) is 0 Å². The van der Waals surface area contributed by atoms with Gasteiger partial charge in [-0.15, -0.1) is 0 Å². The summed E-state index contributed by atoms with van der Waals surface area (Å²) in [6.45, 7) is 8.37. The van der Waals surface area contributed by atoms with Crippen molar-refractivity contribution < 1.29 is 4.79 Å². The Labute approximate surface area is 159 Å². The molecule has 6 heteroatoms. The maximum Gasteiger partial charge on any atom is 0.234 e. The zero-order valence-corrected chi connectivity index (χ0v) is 16.5. The largest absolute Gasteiger partial charge is 0.356 e. The lowest BCUT2D eigenvalue weighted by Gasteiger charge is -2.31. The Morgan fingerprint density at radius 1 is 1.31 bits per heavy atom. The quantitative estimate of drug-likeness (QED) is 0.635. The van der Waals surface area contributed by atoms with Crippen LogP contribution >= 0.6 is 11.8 Å². The molecule has 1 N–H and O–H groups in total. The third kappa shape index (κ3) is 4.97. The molecule has 1 aromatic heterocycles. The van der Waals surface area contributed by atoms with Crippen LogP contribution in [0.25, 0.3) is 0 Å². The zero-order valence-electron chi connectivity index (χ0n) is 15.7. The molecule has 0 radical (unpaired) electrons. The Balaban J connectivity index is 1.58. The van der Waals surface area contributed by atoms with Crippen molar-refractivity contribution in [2.75, 3.05) is 29.1 Å². The van der Waals surface area contributed by atoms with Gasteiger partial charge in [0, 0.05) is 24.8 Å². The number of aryl methyl sites for hydroxylation is 2. The number of piperidine rings is 1. The van der Waals surface area contributed by atoms with Gasteiger partial charge in [-0.2, -0.15) is 0 Å². The van der Waals surface area contributed by atoms with Crippen LogP contribution in [-0.4, -0.2) is 34.7 Å². The van der Waals surface area contributed by atoms with Crippen LogP contribution in [0.3, 0.4) is 0 Å². The molecular formula is C20H26N4OS. The molecule has 2 heterocycles. The number of anilines is 2. The molecule has 1 unspecified atom stereocenters. The average molecular weight is 371 g/mol. The molecule has 26 heavy (non-hydrogen) atoms. The fraction of sp³-hybridized carbons (Fsp3) is 0.450. The molecule has 1 atom stereocenters. The number of carbonyl (C=O) groups excluding carboxylic acids is 1. The first-order valence-corrected chi connectivity index (χ1v) is 10.1. The molecule has 1 aliphatic rings. The molecule has 1 fully saturated rings. The van der Waals surface area contributed by atoms with E-state index >= 15 is 0 Å². The first kappa shape index (κ1) is 18.7. The number of amides is 1. The van der Waals surface area contributed by atoms with Gasteiger partial charge < -0.3 is 10.2 Å². The highest BCUT2D eigenvalue weighted by molar-refractivity contribution is 7.99. The van der Waals surface area contributed by atoms with E-state index in [0.29, 0.717) is 11.7 Å². The molecule has 5 nitrogen and oxygen atoms in total. The summed E-state index contributed by atoms with van der Waals surface area (Å²) in [6, 6.07) is 8.06. The minimum Gasteiger partial charge on any atom is -0.356 e. The first-order valence-electron chi connectivity index (χ1n) is 9.08. The van der Waals surface area contributed by atoms with Gasteiger partial charge in [-0.1, -0.05) is 30.8 Å². The second-order valence-corrected chi connectivity index (χ2v) is 8.06. The average Bonchev–Trinajstić information content (AvgIpc) is 2.63. The maximum absolute atomic E-state index is 12.3. The number of nitrogens with zero attached hydrogens (tertiary/aromatic N) is 3. The summed E-state index contributed by atoms with van der Waals surface area (Å²) in [5.41, 5.74) is 3.08. The van der Waals surface area contributed by atoms with Crippen LogP contribution in [0.2, 0.25) is 0 Å². The molecule has 0 aliphatic carbocycles. The fourth-order valence-corrected chi connectivity index (χ4v) is 3.84. The third-order valence-corrected chi connectivity index (χ3v) is 5.55. The van der Waals surface area contributed by atoms with Crippen LogP contribution in [0.1, 0.15) is 30.9 Å². The lowest BCUT2D eigenvalue weighted by Crippen LogP contribution is -2.34. The van der Waals surface area contributed by atoms with Gasteiger partial charge in [-0.25, -0.2) is 9.97 Å². The Hall–Kier alpha value is -2.08. The highest BCUT2D eigenvalue weighted by Crippen LogP contribution is 2.24. The van der Waals surface area contributed by atoms with E-state index in [1.54, 1.807) is 6.33 Å². The summed E-state index contributed by atoms with van der Waals surface area (Å²) in [4.78, 5) is 23.3. The second-order valence-electron chi connectivity index (χ2n) is 7.06. The predicted octanol–water partition coefficient (Wildman–Crippen LogP) is 4.06. The van der Waals surface area contributed by atoms with E-state index in [-0.39, 0.29) is 5.91 Å². The van der Waals surface area contributed by atoms with Crippen LogP contribution in [0.4, 0.5) is 11.5 Å². The van der Waals surface area contributed by atoms with E-state index in [4.69, 9.17) is 0 Å². The predicted molar refractivity (Wildman–Crippen MR) is 108 cm³/mol. The summed E-state index contributed by atoms with van der Waals surface area (Å²) in [7, 11) is 0. The lowest BCUT2D eigenvalue weighted by molar-refractivity contribution is -0.113. The Kier molecular flexibility index (Phi) is 6.14. The van der Waals surface area contributed by atoms with Crippen molar-refractivity contribution in [1.82, 2.24) is 9.97 Å². The van der Waals surface area contributed by atoms with E-state index in [9.17, 15) is 4.79 Å². The molecule has 1 aliphatic heterocycles. The lowest BCUT2D eigenvalue weighted by atomic mass is 10.0. The topological polar surface area (TPSA) is 58.1 Å². The van der Waals surface area contributed by atoms with Gasteiger partial charge in [0.2, 0.25) is 5.91 Å². The van der Waals surface area contributed by atoms with Crippen molar-refractivity contribution in [3.63, 3.8) is 0 Å². The van der Waals surface area contributed by atoms with Crippen molar-refractivity contribution in [3.8, 4) is 0 Å². The van der Waals surface area contributed by atoms with E-state index in [1.807, 2.05) is 38.1 Å². The standard InChI is InChI=1S/C20H26N4OS/c1-14-6-7-16(3)17(9-14)23-19(25)12-26-20-10-18(21-13-22-20)24-8-4-5-15(2)11-24/h6-7,9-10,13,15H,4-5,8,11-12H2,1-3H3,(H,23,25). The Morgan fingerprint density at radius 3 is 2.96 bits per heavy atom. The zero-order chi connectivity index (χ0) is 18.5. The number of benzene rings is 1. The number of thioether (sulfide) groups is 1. The molecule has 0 spiro atoms. The fourth-order valence-electron chi connectivity index (χ4n) is 3.18. The number of nitrogens with one attached hydrogen (secondary N) is 1. The molecular weight excluding hydrogens is 344 g/mol. The van der Waals surface area contributed by atoms with E-state index in [1.165, 1.54) is 24.6 Å². The molecule has 2 aromatic rings. The minimum atomic E-state index is -0.0181. The van der Waals surface area contributed by atoms with Crippen molar-refractivity contribution >= 4 is 29.2 Å². The normalized spacial score (nSPS) is 17.2. The van der Waals surface area contributed by atoms with Crippen LogP contribution in [-0.2, 0) is 4.79 Å².